The molecule has 2 aliphatic rings. The molecule has 7 nitrogen and oxygen atoms in total. The molecule has 0 saturated heterocycles. The molecule has 1 aliphatic carbocycles. The Hall–Kier alpha value is -2.70. The van der Waals surface area contributed by atoms with Crippen LogP contribution in [0.3, 0.4) is 0 Å². The number of rotatable bonds is 5. The van der Waals surface area contributed by atoms with Crippen molar-refractivity contribution in [2.45, 2.75) is 65.1 Å². The summed E-state index contributed by atoms with van der Waals surface area (Å²) in [6.45, 7) is 8.45. The molecule has 168 valence electrons. The van der Waals surface area contributed by atoms with Gasteiger partial charge in [0.15, 0.2) is 11.5 Å². The van der Waals surface area contributed by atoms with Gasteiger partial charge < -0.3 is 24.3 Å². The summed E-state index contributed by atoms with van der Waals surface area (Å²) in [6, 6.07) is 5.87. The molecule has 1 fully saturated rings. The van der Waals surface area contributed by atoms with Crippen LogP contribution in [0.4, 0.5) is 5.82 Å². The van der Waals surface area contributed by atoms with E-state index in [0.29, 0.717) is 24.0 Å². The molecular formula is C24H34N4O3. The number of carbonyl (C=O) groups is 1. The van der Waals surface area contributed by atoms with E-state index in [-0.39, 0.29) is 11.5 Å². The molecule has 7 heteroatoms. The van der Waals surface area contributed by atoms with E-state index in [0.717, 1.165) is 48.8 Å². The van der Waals surface area contributed by atoms with Crippen molar-refractivity contribution in [2.75, 3.05) is 26.1 Å². The summed E-state index contributed by atoms with van der Waals surface area (Å²) >= 11 is 0. The number of imidazole rings is 1. The minimum absolute atomic E-state index is 0.126. The van der Waals surface area contributed by atoms with Crippen LogP contribution in [0.15, 0.2) is 18.2 Å². The first-order chi connectivity index (χ1) is 14.8. The molecule has 1 N–H and O–H groups in total. The molecular weight excluding hydrogens is 392 g/mol. The standard InChI is InChI=1S/C24H34N4O3/c1-24(2,3)26-22-21(17-10-11-18(30-4)19(14-17)31-5)25-20-15-27(12-13-28(20)22)23(29)16-8-6-7-9-16/h10-11,14,16,26H,6-9,12-13,15H2,1-5H3. The first kappa shape index (κ1) is 21.5. The van der Waals surface area contributed by atoms with Crippen LogP contribution in [0.5, 0.6) is 11.5 Å². The number of hydrogen-bond donors (Lipinski definition) is 1. The predicted octanol–water partition coefficient (Wildman–Crippen LogP) is 4.31. The zero-order valence-corrected chi connectivity index (χ0v) is 19.3. The Morgan fingerprint density at radius 2 is 1.81 bits per heavy atom. The fourth-order valence-corrected chi connectivity index (χ4v) is 4.62. The number of nitrogens with one attached hydrogen (secondary N) is 1. The molecule has 2 heterocycles. The molecule has 1 aliphatic heterocycles. The van der Waals surface area contributed by atoms with Crippen LogP contribution in [-0.4, -0.2) is 46.7 Å². The maximum absolute atomic E-state index is 13.0. The lowest BCUT2D eigenvalue weighted by Crippen LogP contribution is -2.41. The highest BCUT2D eigenvalue weighted by Crippen LogP contribution is 2.38. The number of aromatic nitrogens is 2. The van der Waals surface area contributed by atoms with Crippen LogP contribution >= 0.6 is 0 Å². The van der Waals surface area contributed by atoms with Gasteiger partial charge in [0.2, 0.25) is 5.91 Å². The topological polar surface area (TPSA) is 68.6 Å². The number of fused-ring (bicyclic) bond motifs is 1. The molecule has 0 radical (unpaired) electrons. The Labute approximate surface area is 184 Å². The number of benzene rings is 1. The summed E-state index contributed by atoms with van der Waals surface area (Å²) in [5, 5.41) is 3.65. The number of amides is 1. The molecule has 0 bridgehead atoms. The summed E-state index contributed by atoms with van der Waals surface area (Å²) < 4.78 is 13.1. The lowest BCUT2D eigenvalue weighted by atomic mass is 10.1. The van der Waals surface area contributed by atoms with Crippen LogP contribution in [0.25, 0.3) is 11.3 Å². The number of nitrogens with zero attached hydrogens (tertiary/aromatic N) is 3. The van der Waals surface area contributed by atoms with Crippen LogP contribution < -0.4 is 14.8 Å². The zero-order valence-electron chi connectivity index (χ0n) is 19.3. The average Bonchev–Trinajstić information content (AvgIpc) is 3.40. The second kappa shape index (κ2) is 8.44. The Morgan fingerprint density at radius 3 is 2.45 bits per heavy atom. The quantitative estimate of drug-likeness (QED) is 0.772. The summed E-state index contributed by atoms with van der Waals surface area (Å²) in [5.41, 5.74) is 1.71. The van der Waals surface area contributed by atoms with Crippen molar-refractivity contribution in [1.29, 1.82) is 0 Å². The van der Waals surface area contributed by atoms with E-state index in [4.69, 9.17) is 14.5 Å². The molecule has 31 heavy (non-hydrogen) atoms. The maximum atomic E-state index is 13.0. The van der Waals surface area contributed by atoms with Crippen molar-refractivity contribution in [3.8, 4) is 22.8 Å². The second-order valence-corrected chi connectivity index (χ2v) is 9.56. The van der Waals surface area contributed by atoms with E-state index in [1.165, 1.54) is 12.8 Å². The molecule has 1 amide bonds. The fraction of sp³-hybridized carbons (Fsp3) is 0.583. The molecule has 1 aromatic carbocycles. The van der Waals surface area contributed by atoms with Gasteiger partial charge in [-0.3, -0.25) is 4.79 Å². The summed E-state index contributed by atoms with van der Waals surface area (Å²) in [6.07, 6.45) is 4.39. The van der Waals surface area contributed by atoms with E-state index in [9.17, 15) is 4.79 Å². The SMILES string of the molecule is COc1ccc(-c2nc3n(c2NC(C)(C)C)CCN(C(=O)C2CCCC2)C3)cc1OC. The Kier molecular flexibility index (Phi) is 5.86. The first-order valence-corrected chi connectivity index (χ1v) is 11.2. The largest absolute Gasteiger partial charge is 0.493 e. The predicted molar refractivity (Wildman–Crippen MR) is 122 cm³/mol. The number of anilines is 1. The third-order valence-corrected chi connectivity index (χ3v) is 6.14. The Balaban J connectivity index is 1.70. The van der Waals surface area contributed by atoms with E-state index < -0.39 is 0 Å². The van der Waals surface area contributed by atoms with Crippen molar-refractivity contribution in [1.82, 2.24) is 14.5 Å². The number of carbonyl (C=O) groups excluding carboxylic acids is 1. The van der Waals surface area contributed by atoms with Gasteiger partial charge in [-0.05, 0) is 51.8 Å². The number of methoxy groups -OCH3 is 2. The van der Waals surface area contributed by atoms with Crippen molar-refractivity contribution in [3.05, 3.63) is 24.0 Å². The van der Waals surface area contributed by atoms with Crippen LogP contribution in [-0.2, 0) is 17.9 Å². The summed E-state index contributed by atoms with van der Waals surface area (Å²) in [4.78, 5) is 20.0. The van der Waals surface area contributed by atoms with Gasteiger partial charge in [0, 0.05) is 30.1 Å². The number of ether oxygens (including phenoxy) is 2. The van der Waals surface area contributed by atoms with E-state index >= 15 is 0 Å². The van der Waals surface area contributed by atoms with Gasteiger partial charge in [-0.1, -0.05) is 12.8 Å². The van der Waals surface area contributed by atoms with E-state index in [1.807, 2.05) is 23.1 Å². The summed E-state index contributed by atoms with van der Waals surface area (Å²) in [7, 11) is 3.27. The third kappa shape index (κ3) is 4.36. The van der Waals surface area contributed by atoms with Gasteiger partial charge in [-0.2, -0.15) is 0 Å². The summed E-state index contributed by atoms with van der Waals surface area (Å²) in [5.74, 6) is 3.76. The fourth-order valence-electron chi connectivity index (χ4n) is 4.62. The minimum Gasteiger partial charge on any atom is -0.493 e. The van der Waals surface area contributed by atoms with Crippen molar-refractivity contribution in [3.63, 3.8) is 0 Å². The maximum Gasteiger partial charge on any atom is 0.226 e. The van der Waals surface area contributed by atoms with Gasteiger partial charge in [-0.25, -0.2) is 4.98 Å². The van der Waals surface area contributed by atoms with Gasteiger partial charge in [0.05, 0.1) is 20.8 Å². The highest BCUT2D eigenvalue weighted by molar-refractivity contribution is 5.80. The molecule has 0 atom stereocenters. The first-order valence-electron chi connectivity index (χ1n) is 11.2. The van der Waals surface area contributed by atoms with Gasteiger partial charge in [0.1, 0.15) is 17.3 Å². The lowest BCUT2D eigenvalue weighted by Gasteiger charge is -2.31. The Morgan fingerprint density at radius 1 is 1.10 bits per heavy atom. The molecule has 0 unspecified atom stereocenters. The molecule has 2 aromatic rings. The van der Waals surface area contributed by atoms with Crippen LogP contribution in [0.2, 0.25) is 0 Å². The third-order valence-electron chi connectivity index (χ3n) is 6.14. The molecule has 0 spiro atoms. The second-order valence-electron chi connectivity index (χ2n) is 9.56. The van der Waals surface area contributed by atoms with Crippen LogP contribution in [0.1, 0.15) is 52.3 Å². The van der Waals surface area contributed by atoms with E-state index in [2.05, 4.69) is 30.7 Å². The molecule has 4 rings (SSSR count). The zero-order chi connectivity index (χ0) is 22.2. The number of hydrogen-bond acceptors (Lipinski definition) is 5. The highest BCUT2D eigenvalue weighted by Gasteiger charge is 2.32. The molecule has 1 aromatic heterocycles. The normalized spacial score (nSPS) is 16.9. The van der Waals surface area contributed by atoms with Crippen LogP contribution in [0, 0.1) is 5.92 Å². The van der Waals surface area contributed by atoms with Crippen molar-refractivity contribution >= 4 is 11.7 Å². The van der Waals surface area contributed by atoms with Crippen molar-refractivity contribution in [2.24, 2.45) is 5.92 Å². The lowest BCUT2D eigenvalue weighted by molar-refractivity contribution is -0.136. The van der Waals surface area contributed by atoms with Gasteiger partial charge >= 0.3 is 0 Å². The van der Waals surface area contributed by atoms with Gasteiger partial charge in [0.25, 0.3) is 0 Å². The van der Waals surface area contributed by atoms with E-state index in [1.54, 1.807) is 14.2 Å². The minimum atomic E-state index is -0.126. The van der Waals surface area contributed by atoms with Gasteiger partial charge in [-0.15, -0.1) is 0 Å². The Bertz CT molecular complexity index is 954. The smallest absolute Gasteiger partial charge is 0.226 e. The molecule has 1 saturated carbocycles. The average molecular weight is 427 g/mol. The van der Waals surface area contributed by atoms with Crippen molar-refractivity contribution < 1.29 is 14.3 Å². The highest BCUT2D eigenvalue weighted by atomic mass is 16.5. The monoisotopic (exact) mass is 426 g/mol.